The lowest BCUT2D eigenvalue weighted by Crippen LogP contribution is -2.53. The first-order chi connectivity index (χ1) is 9.32. The Bertz CT molecular complexity index is 652. The Labute approximate surface area is 125 Å². The summed E-state index contributed by atoms with van der Waals surface area (Å²) in [4.78, 5) is 17.1. The molecule has 104 valence electrons. The summed E-state index contributed by atoms with van der Waals surface area (Å²) in [6, 6.07) is 3.33. The van der Waals surface area contributed by atoms with E-state index in [0.717, 1.165) is 0 Å². The van der Waals surface area contributed by atoms with E-state index in [0.29, 0.717) is 4.47 Å². The molecule has 1 aliphatic rings. The first kappa shape index (κ1) is 14.5. The van der Waals surface area contributed by atoms with E-state index in [1.54, 1.807) is 26.0 Å². The van der Waals surface area contributed by atoms with Gasteiger partial charge in [0.05, 0.1) is 6.04 Å². The molecule has 0 bridgehead atoms. The first-order valence-corrected chi connectivity index (χ1v) is 6.71. The van der Waals surface area contributed by atoms with Crippen molar-refractivity contribution in [2.45, 2.75) is 25.4 Å². The number of aliphatic imine (C=N–C) groups is 1. The molecular weight excluding hydrogens is 325 g/mol. The number of benzene rings is 1. The molecule has 2 amide bonds. The predicted octanol–water partition coefficient (Wildman–Crippen LogP) is 2.62. The monoisotopic (exact) mass is 337 g/mol. The van der Waals surface area contributed by atoms with Crippen molar-refractivity contribution in [2.75, 3.05) is 0 Å². The van der Waals surface area contributed by atoms with Crippen molar-refractivity contribution >= 4 is 27.8 Å². The molecule has 0 saturated carbocycles. The van der Waals surface area contributed by atoms with Gasteiger partial charge in [0.15, 0.2) is 0 Å². The predicted molar refractivity (Wildman–Crippen MR) is 78.6 cm³/mol. The molecule has 0 saturated heterocycles. The SMILES string of the molecule is C#CC(C)N1C(=O)N=C(N)C1(C)c1cc(Br)ccc1F. The maximum atomic E-state index is 14.2. The maximum Gasteiger partial charge on any atom is 0.347 e. The Morgan fingerprint density at radius 1 is 1.60 bits per heavy atom. The average molecular weight is 338 g/mol. The standard InChI is InChI=1S/C14H13BrFN3O/c1-4-8(2)19-13(20)18-12(17)14(19,3)10-7-9(15)5-6-11(10)16/h1,5-8H,2-3H3,(H2,17,18,20). The van der Waals surface area contributed by atoms with E-state index in [2.05, 4.69) is 26.8 Å². The van der Waals surface area contributed by atoms with Gasteiger partial charge in [-0.25, -0.2) is 9.18 Å². The highest BCUT2D eigenvalue weighted by Gasteiger charge is 2.49. The zero-order valence-electron chi connectivity index (χ0n) is 11.0. The summed E-state index contributed by atoms with van der Waals surface area (Å²) in [6.07, 6.45) is 5.39. The van der Waals surface area contributed by atoms with Crippen molar-refractivity contribution in [3.8, 4) is 12.3 Å². The van der Waals surface area contributed by atoms with Gasteiger partial charge in [-0.15, -0.1) is 6.42 Å². The van der Waals surface area contributed by atoms with Gasteiger partial charge >= 0.3 is 6.03 Å². The fourth-order valence-electron chi connectivity index (χ4n) is 2.35. The molecular formula is C14H13BrFN3O. The summed E-state index contributed by atoms with van der Waals surface area (Å²) in [5.74, 6) is 2.01. The number of carbonyl (C=O) groups is 1. The average Bonchev–Trinajstić information content (AvgIpc) is 2.63. The Kier molecular flexibility index (Phi) is 3.57. The van der Waals surface area contributed by atoms with Crippen molar-refractivity contribution in [1.29, 1.82) is 0 Å². The number of halogens is 2. The fourth-order valence-corrected chi connectivity index (χ4v) is 2.71. The minimum atomic E-state index is -1.20. The molecule has 2 rings (SSSR count). The van der Waals surface area contributed by atoms with Crippen LogP contribution in [0.5, 0.6) is 0 Å². The van der Waals surface area contributed by atoms with Gasteiger partial charge in [0.25, 0.3) is 0 Å². The van der Waals surface area contributed by atoms with Crippen LogP contribution in [-0.4, -0.2) is 22.8 Å². The van der Waals surface area contributed by atoms with Crippen molar-refractivity contribution in [1.82, 2.24) is 4.90 Å². The van der Waals surface area contributed by atoms with Crippen LogP contribution in [0.25, 0.3) is 0 Å². The number of amides is 2. The van der Waals surface area contributed by atoms with Crippen LogP contribution in [0.3, 0.4) is 0 Å². The van der Waals surface area contributed by atoms with Crippen LogP contribution >= 0.6 is 15.9 Å². The van der Waals surface area contributed by atoms with Gasteiger partial charge in [-0.3, -0.25) is 4.90 Å². The maximum absolute atomic E-state index is 14.2. The Morgan fingerprint density at radius 3 is 2.85 bits per heavy atom. The van der Waals surface area contributed by atoms with Crippen LogP contribution in [0.4, 0.5) is 9.18 Å². The number of rotatable bonds is 2. The Balaban J connectivity index is 2.67. The molecule has 0 fully saturated rings. The zero-order valence-corrected chi connectivity index (χ0v) is 12.6. The summed E-state index contributed by atoms with van der Waals surface area (Å²) in [7, 11) is 0. The van der Waals surface area contributed by atoms with E-state index in [1.165, 1.54) is 11.0 Å². The topological polar surface area (TPSA) is 58.7 Å². The number of hydrogen-bond donors (Lipinski definition) is 1. The van der Waals surface area contributed by atoms with E-state index in [-0.39, 0.29) is 11.4 Å². The van der Waals surface area contributed by atoms with Gasteiger partial charge in [-0.1, -0.05) is 21.9 Å². The molecule has 0 spiro atoms. The third-order valence-electron chi connectivity index (χ3n) is 3.48. The highest BCUT2D eigenvalue weighted by molar-refractivity contribution is 9.10. The summed E-state index contributed by atoms with van der Waals surface area (Å²) < 4.78 is 14.9. The molecule has 2 N–H and O–H groups in total. The third kappa shape index (κ3) is 1.98. The van der Waals surface area contributed by atoms with Crippen LogP contribution in [0.2, 0.25) is 0 Å². The molecule has 0 aromatic heterocycles. The van der Waals surface area contributed by atoms with Gasteiger partial charge in [0, 0.05) is 10.0 Å². The lowest BCUT2D eigenvalue weighted by molar-refractivity contribution is 0.165. The van der Waals surface area contributed by atoms with Crippen LogP contribution in [0, 0.1) is 18.2 Å². The number of amidine groups is 1. The Hall–Kier alpha value is -1.87. The smallest absolute Gasteiger partial charge is 0.347 e. The molecule has 0 aliphatic carbocycles. The minimum Gasteiger partial charge on any atom is -0.385 e. The second kappa shape index (κ2) is 4.91. The zero-order chi connectivity index (χ0) is 15.1. The Morgan fingerprint density at radius 2 is 2.25 bits per heavy atom. The van der Waals surface area contributed by atoms with E-state index in [1.807, 2.05) is 0 Å². The lowest BCUT2D eigenvalue weighted by atomic mass is 9.88. The number of terminal acetylenes is 1. The summed E-state index contributed by atoms with van der Waals surface area (Å²) in [5, 5.41) is 0. The first-order valence-electron chi connectivity index (χ1n) is 5.92. The minimum absolute atomic E-state index is 0.0293. The van der Waals surface area contributed by atoms with E-state index in [4.69, 9.17) is 12.2 Å². The van der Waals surface area contributed by atoms with Crippen molar-refractivity contribution in [3.05, 3.63) is 34.1 Å². The second-order valence-corrected chi connectivity index (χ2v) is 5.60. The van der Waals surface area contributed by atoms with Crippen molar-refractivity contribution in [3.63, 3.8) is 0 Å². The van der Waals surface area contributed by atoms with Gasteiger partial charge in [-0.05, 0) is 32.0 Å². The molecule has 1 aromatic carbocycles. The molecule has 2 atom stereocenters. The summed E-state index contributed by atoms with van der Waals surface area (Å²) >= 11 is 3.29. The summed E-state index contributed by atoms with van der Waals surface area (Å²) in [6.45, 7) is 3.30. The van der Waals surface area contributed by atoms with Gasteiger partial charge in [0.2, 0.25) is 0 Å². The van der Waals surface area contributed by atoms with Crippen LogP contribution < -0.4 is 5.73 Å². The van der Waals surface area contributed by atoms with Gasteiger partial charge in [-0.2, -0.15) is 4.99 Å². The molecule has 1 heterocycles. The van der Waals surface area contributed by atoms with Crippen LogP contribution in [0.1, 0.15) is 19.4 Å². The number of urea groups is 1. The van der Waals surface area contributed by atoms with Gasteiger partial charge < -0.3 is 5.73 Å². The van der Waals surface area contributed by atoms with Crippen LogP contribution in [-0.2, 0) is 5.54 Å². The van der Waals surface area contributed by atoms with Crippen molar-refractivity contribution < 1.29 is 9.18 Å². The van der Waals surface area contributed by atoms with Crippen molar-refractivity contribution in [2.24, 2.45) is 10.7 Å². The quantitative estimate of drug-likeness (QED) is 0.843. The second-order valence-electron chi connectivity index (χ2n) is 4.69. The molecule has 1 aromatic rings. The number of nitrogens with zero attached hydrogens (tertiary/aromatic N) is 2. The number of nitrogens with two attached hydrogens (primary N) is 1. The molecule has 0 radical (unpaired) electrons. The largest absolute Gasteiger partial charge is 0.385 e. The lowest BCUT2D eigenvalue weighted by Gasteiger charge is -2.37. The normalized spacial score (nSPS) is 23.4. The van der Waals surface area contributed by atoms with E-state index >= 15 is 0 Å². The highest BCUT2D eigenvalue weighted by atomic mass is 79.9. The molecule has 20 heavy (non-hydrogen) atoms. The van der Waals surface area contributed by atoms with Gasteiger partial charge in [0.1, 0.15) is 17.2 Å². The van der Waals surface area contributed by atoms with E-state index in [9.17, 15) is 9.18 Å². The molecule has 6 heteroatoms. The highest BCUT2D eigenvalue weighted by Crippen LogP contribution is 2.37. The molecule has 2 unspecified atom stereocenters. The number of carbonyl (C=O) groups excluding carboxylic acids is 1. The molecule has 1 aliphatic heterocycles. The molecule has 4 nitrogen and oxygen atoms in total. The fraction of sp³-hybridized carbons (Fsp3) is 0.286. The van der Waals surface area contributed by atoms with Crippen LogP contribution in [0.15, 0.2) is 27.7 Å². The number of hydrogen-bond acceptors (Lipinski definition) is 2. The van der Waals surface area contributed by atoms with E-state index < -0.39 is 23.4 Å². The summed E-state index contributed by atoms with van der Waals surface area (Å²) in [5.41, 5.74) is 4.93. The third-order valence-corrected chi connectivity index (χ3v) is 3.98.